The van der Waals surface area contributed by atoms with Crippen molar-refractivity contribution in [2.75, 3.05) is 19.6 Å². The molecular formula is C24H28N4O2. The summed E-state index contributed by atoms with van der Waals surface area (Å²) in [7, 11) is 0. The molecule has 4 rings (SSSR count). The first-order valence-electron chi connectivity index (χ1n) is 10.7. The molecule has 0 spiro atoms. The average Bonchev–Trinajstić information content (AvgIpc) is 2.79. The molecule has 3 aromatic rings. The lowest BCUT2D eigenvalue weighted by Gasteiger charge is -2.33. The summed E-state index contributed by atoms with van der Waals surface area (Å²) in [6.45, 7) is 4.99. The highest BCUT2D eigenvalue weighted by Gasteiger charge is 2.19. The first kappa shape index (κ1) is 20.3. The number of carbonyl (C=O) groups excluding carboxylic acids is 1. The van der Waals surface area contributed by atoms with Crippen LogP contribution in [0.1, 0.15) is 43.1 Å². The van der Waals surface area contributed by atoms with E-state index < -0.39 is 0 Å². The van der Waals surface area contributed by atoms with Gasteiger partial charge >= 0.3 is 0 Å². The molecule has 1 fully saturated rings. The number of carbonyl (C=O) groups is 1. The van der Waals surface area contributed by atoms with E-state index in [-0.39, 0.29) is 17.2 Å². The molecule has 0 bridgehead atoms. The lowest BCUT2D eigenvalue weighted by Crippen LogP contribution is -2.39. The van der Waals surface area contributed by atoms with Gasteiger partial charge in [0.25, 0.3) is 11.5 Å². The van der Waals surface area contributed by atoms with Gasteiger partial charge in [0, 0.05) is 24.5 Å². The van der Waals surface area contributed by atoms with E-state index in [1.165, 1.54) is 23.9 Å². The Morgan fingerprint density at radius 3 is 2.57 bits per heavy atom. The second kappa shape index (κ2) is 9.22. The Bertz CT molecular complexity index is 1080. The molecule has 1 aromatic heterocycles. The second-order valence-corrected chi connectivity index (χ2v) is 7.94. The fraction of sp³-hybridized carbons (Fsp3) is 0.375. The minimum Gasteiger partial charge on any atom is -0.351 e. The first-order valence-corrected chi connectivity index (χ1v) is 10.7. The van der Waals surface area contributed by atoms with Gasteiger partial charge in [-0.1, -0.05) is 42.8 Å². The van der Waals surface area contributed by atoms with Crippen molar-refractivity contribution in [3.8, 4) is 5.69 Å². The summed E-state index contributed by atoms with van der Waals surface area (Å²) in [4.78, 5) is 28.4. The van der Waals surface area contributed by atoms with Gasteiger partial charge in [0.1, 0.15) is 0 Å². The monoisotopic (exact) mass is 404 g/mol. The molecule has 2 heterocycles. The first-order chi connectivity index (χ1) is 14.6. The molecule has 2 aromatic carbocycles. The van der Waals surface area contributed by atoms with E-state index in [0.29, 0.717) is 29.0 Å². The van der Waals surface area contributed by atoms with Crippen molar-refractivity contribution in [2.45, 2.75) is 38.6 Å². The molecule has 30 heavy (non-hydrogen) atoms. The van der Waals surface area contributed by atoms with Crippen LogP contribution in [0.5, 0.6) is 0 Å². The van der Waals surface area contributed by atoms with E-state index in [4.69, 9.17) is 0 Å². The van der Waals surface area contributed by atoms with Gasteiger partial charge in [-0.15, -0.1) is 0 Å². The van der Waals surface area contributed by atoms with Crippen LogP contribution in [0.3, 0.4) is 0 Å². The highest BCUT2D eigenvalue weighted by molar-refractivity contribution is 6.04. The van der Waals surface area contributed by atoms with Gasteiger partial charge in [0.05, 0.1) is 11.1 Å². The zero-order chi connectivity index (χ0) is 20.9. The lowest BCUT2D eigenvalue weighted by atomic mass is 10.0. The van der Waals surface area contributed by atoms with Gasteiger partial charge in [-0.25, -0.2) is 0 Å². The molecule has 1 amide bonds. The Kier molecular flexibility index (Phi) is 6.23. The molecule has 1 N–H and O–H groups in total. The Morgan fingerprint density at radius 2 is 1.80 bits per heavy atom. The number of piperidine rings is 1. The predicted octanol–water partition coefficient (Wildman–Crippen LogP) is 3.38. The molecule has 1 aliphatic rings. The highest BCUT2D eigenvalue weighted by atomic mass is 16.2. The number of benzene rings is 2. The maximum atomic E-state index is 13.0. The summed E-state index contributed by atoms with van der Waals surface area (Å²) >= 11 is 0. The summed E-state index contributed by atoms with van der Waals surface area (Å²) < 4.78 is 1.31. The van der Waals surface area contributed by atoms with Crippen LogP contribution in [-0.2, 0) is 0 Å². The number of hydrogen-bond acceptors (Lipinski definition) is 4. The fourth-order valence-corrected chi connectivity index (χ4v) is 4.16. The van der Waals surface area contributed by atoms with E-state index in [0.717, 1.165) is 19.5 Å². The van der Waals surface area contributed by atoms with Crippen LogP contribution in [0.2, 0.25) is 0 Å². The third-order valence-corrected chi connectivity index (χ3v) is 5.87. The van der Waals surface area contributed by atoms with Crippen molar-refractivity contribution in [1.82, 2.24) is 20.0 Å². The topological polar surface area (TPSA) is 67.2 Å². The van der Waals surface area contributed by atoms with Crippen molar-refractivity contribution in [3.05, 3.63) is 70.6 Å². The molecule has 6 nitrogen and oxygen atoms in total. The second-order valence-electron chi connectivity index (χ2n) is 7.94. The van der Waals surface area contributed by atoms with E-state index in [9.17, 15) is 9.59 Å². The van der Waals surface area contributed by atoms with E-state index in [2.05, 4.69) is 22.2 Å². The number of rotatable bonds is 6. The third kappa shape index (κ3) is 4.28. The van der Waals surface area contributed by atoms with Crippen LogP contribution in [0, 0.1) is 0 Å². The van der Waals surface area contributed by atoms with Gasteiger partial charge in [-0.2, -0.15) is 9.78 Å². The normalized spacial score (nSPS) is 17.2. The van der Waals surface area contributed by atoms with E-state index in [1.54, 1.807) is 18.2 Å². The van der Waals surface area contributed by atoms with Gasteiger partial charge in [-0.05, 0) is 50.9 Å². The average molecular weight is 405 g/mol. The number of para-hydroxylation sites is 1. The smallest absolute Gasteiger partial charge is 0.279 e. The minimum absolute atomic E-state index is 0.229. The van der Waals surface area contributed by atoms with Crippen molar-refractivity contribution >= 4 is 16.7 Å². The fourth-order valence-electron chi connectivity index (χ4n) is 4.16. The number of aromatic nitrogens is 2. The molecule has 1 atom stereocenters. The minimum atomic E-state index is -0.248. The van der Waals surface area contributed by atoms with Crippen molar-refractivity contribution in [2.24, 2.45) is 0 Å². The van der Waals surface area contributed by atoms with Crippen LogP contribution in [0.4, 0.5) is 0 Å². The SMILES string of the molecule is C[C@H]1CCCCN1CCCNC(=O)c1nn(-c2ccccc2)c(=O)c2ccccc12. The third-order valence-electron chi connectivity index (χ3n) is 5.87. The van der Waals surface area contributed by atoms with E-state index in [1.807, 2.05) is 36.4 Å². The molecule has 0 aliphatic carbocycles. The van der Waals surface area contributed by atoms with Crippen molar-refractivity contribution in [3.63, 3.8) is 0 Å². The Hall–Kier alpha value is -2.99. The number of nitrogens with zero attached hydrogens (tertiary/aromatic N) is 3. The largest absolute Gasteiger partial charge is 0.351 e. The number of hydrogen-bond donors (Lipinski definition) is 1. The molecule has 1 aliphatic heterocycles. The molecule has 156 valence electrons. The number of fused-ring (bicyclic) bond motifs is 1. The molecule has 1 saturated heterocycles. The van der Waals surface area contributed by atoms with Crippen LogP contribution in [0.25, 0.3) is 16.5 Å². The van der Waals surface area contributed by atoms with Gasteiger partial charge < -0.3 is 10.2 Å². The maximum absolute atomic E-state index is 13.0. The summed E-state index contributed by atoms with van der Waals surface area (Å²) in [5.41, 5.74) is 0.689. The molecular weight excluding hydrogens is 376 g/mol. The Labute approximate surface area is 176 Å². The van der Waals surface area contributed by atoms with Crippen LogP contribution in [0.15, 0.2) is 59.4 Å². The summed E-state index contributed by atoms with van der Waals surface area (Å²) in [6.07, 6.45) is 4.72. The van der Waals surface area contributed by atoms with Gasteiger partial charge in [-0.3, -0.25) is 9.59 Å². The Morgan fingerprint density at radius 1 is 1.07 bits per heavy atom. The quantitative estimate of drug-likeness (QED) is 0.640. The zero-order valence-corrected chi connectivity index (χ0v) is 17.4. The summed E-state index contributed by atoms with van der Waals surface area (Å²) in [5, 5.41) is 8.50. The maximum Gasteiger partial charge on any atom is 0.279 e. The lowest BCUT2D eigenvalue weighted by molar-refractivity contribution is 0.0944. The molecule has 0 unspecified atom stereocenters. The van der Waals surface area contributed by atoms with Crippen LogP contribution in [-0.4, -0.2) is 46.3 Å². The zero-order valence-electron chi connectivity index (χ0n) is 17.4. The van der Waals surface area contributed by atoms with Gasteiger partial charge in [0.2, 0.25) is 0 Å². The van der Waals surface area contributed by atoms with Crippen molar-refractivity contribution in [1.29, 1.82) is 0 Å². The van der Waals surface area contributed by atoms with Crippen molar-refractivity contribution < 1.29 is 4.79 Å². The summed E-state index contributed by atoms with van der Waals surface area (Å²) in [6, 6.07) is 17.0. The van der Waals surface area contributed by atoms with Crippen LogP contribution >= 0.6 is 0 Å². The summed E-state index contributed by atoms with van der Waals surface area (Å²) in [5.74, 6) is -0.248. The standard InChI is InChI=1S/C24H28N4O2/c1-18-10-7-8-16-27(18)17-9-15-25-23(29)22-20-13-5-6-14-21(20)24(30)28(26-22)19-11-3-2-4-12-19/h2-6,11-14,18H,7-10,15-17H2,1H3,(H,25,29)/t18-/m0/s1. The predicted molar refractivity (Wildman–Crippen MR) is 119 cm³/mol. The number of nitrogens with one attached hydrogen (secondary N) is 1. The highest BCUT2D eigenvalue weighted by Crippen LogP contribution is 2.17. The number of likely N-dealkylation sites (tertiary alicyclic amines) is 1. The number of amides is 1. The van der Waals surface area contributed by atoms with E-state index >= 15 is 0 Å². The Balaban J connectivity index is 1.53. The molecule has 0 radical (unpaired) electrons. The van der Waals surface area contributed by atoms with Gasteiger partial charge in [0.15, 0.2) is 5.69 Å². The molecule has 6 heteroatoms. The molecule has 0 saturated carbocycles. The van der Waals surface area contributed by atoms with Crippen LogP contribution < -0.4 is 10.9 Å².